The molecule has 108 valence electrons. The zero-order chi connectivity index (χ0) is 14.4. The molecule has 2 aromatic heterocycles. The number of nitrogen functional groups attached to an aromatic ring is 1. The van der Waals surface area contributed by atoms with Gasteiger partial charge in [-0.1, -0.05) is 0 Å². The minimum atomic E-state index is -1.29. The van der Waals surface area contributed by atoms with Crippen LogP contribution >= 0.6 is 0 Å². The maximum atomic E-state index is 11.4. The molecule has 1 saturated heterocycles. The number of aromatic nitrogens is 4. The molecular weight excluding hydrogens is 270 g/mol. The molecule has 6 N–H and O–H groups in total. The summed E-state index contributed by atoms with van der Waals surface area (Å²) < 4.78 is 6.64. The van der Waals surface area contributed by atoms with Gasteiger partial charge in [0.1, 0.15) is 29.6 Å². The molecule has 0 bridgehead atoms. The number of nitrogens with two attached hydrogens (primary N) is 1. The quantitative estimate of drug-likeness (QED) is 0.398. The summed E-state index contributed by atoms with van der Waals surface area (Å²) in [5.74, 6) is 0.0468. The molecule has 2 aromatic rings. The number of nitrogens with one attached hydrogen (secondary N) is 1. The molecule has 10 heteroatoms. The Morgan fingerprint density at radius 1 is 1.45 bits per heavy atom. The second-order valence-corrected chi connectivity index (χ2v) is 4.51. The van der Waals surface area contributed by atoms with Gasteiger partial charge in [-0.05, 0) is 0 Å². The van der Waals surface area contributed by atoms with Crippen molar-refractivity contribution in [3.05, 3.63) is 16.8 Å². The maximum Gasteiger partial charge on any atom is 0.348 e. The summed E-state index contributed by atoms with van der Waals surface area (Å²) in [7, 11) is 0. The van der Waals surface area contributed by atoms with E-state index in [9.17, 15) is 15.0 Å². The molecule has 20 heavy (non-hydrogen) atoms. The van der Waals surface area contributed by atoms with E-state index in [2.05, 4.69) is 15.0 Å². The highest BCUT2D eigenvalue weighted by molar-refractivity contribution is 5.81. The van der Waals surface area contributed by atoms with E-state index in [4.69, 9.17) is 15.6 Å². The van der Waals surface area contributed by atoms with E-state index in [1.807, 2.05) is 0 Å². The van der Waals surface area contributed by atoms with Crippen molar-refractivity contribution < 1.29 is 20.1 Å². The number of fused-ring (bicyclic) bond motifs is 1. The standard InChI is InChI=1S/C10H13N5O5/c11-7-4-8(14-10(19)13-7)15(2-12-4)9-6(18)5(17)3(1-16)20-9/h2-3,5-6,9,16-18H,1H2,(H3,11,13,14,19)/t3-,5-,6+,9+/m1/s1. The number of rotatable bonds is 2. The van der Waals surface area contributed by atoms with Gasteiger partial charge in [0.25, 0.3) is 0 Å². The van der Waals surface area contributed by atoms with Gasteiger partial charge in [-0.25, -0.2) is 9.78 Å². The molecule has 3 heterocycles. The molecule has 0 spiro atoms. The number of H-pyrrole nitrogens is 1. The number of aliphatic hydroxyl groups excluding tert-OH is 3. The fraction of sp³-hybridized carbons (Fsp3) is 0.500. The Morgan fingerprint density at radius 3 is 2.85 bits per heavy atom. The second-order valence-electron chi connectivity index (χ2n) is 4.51. The van der Waals surface area contributed by atoms with E-state index in [0.717, 1.165) is 0 Å². The van der Waals surface area contributed by atoms with E-state index in [-0.39, 0.29) is 17.0 Å². The van der Waals surface area contributed by atoms with E-state index < -0.39 is 36.8 Å². The van der Waals surface area contributed by atoms with Crippen molar-refractivity contribution in [2.45, 2.75) is 24.5 Å². The summed E-state index contributed by atoms with van der Waals surface area (Å²) in [6, 6.07) is 0. The van der Waals surface area contributed by atoms with Crippen LogP contribution in [-0.2, 0) is 4.74 Å². The number of imidazole rings is 1. The number of nitrogens with zero attached hydrogens (tertiary/aromatic N) is 3. The lowest BCUT2D eigenvalue weighted by Crippen LogP contribution is -2.33. The molecule has 1 aliphatic heterocycles. The van der Waals surface area contributed by atoms with E-state index in [1.165, 1.54) is 10.9 Å². The third kappa shape index (κ3) is 1.78. The normalized spacial score (nSPS) is 30.1. The van der Waals surface area contributed by atoms with Crippen LogP contribution < -0.4 is 11.4 Å². The Kier molecular flexibility index (Phi) is 2.94. The van der Waals surface area contributed by atoms with Crippen molar-refractivity contribution in [2.75, 3.05) is 12.3 Å². The Hall–Kier alpha value is -2.01. The van der Waals surface area contributed by atoms with Crippen molar-refractivity contribution in [2.24, 2.45) is 0 Å². The Bertz CT molecular complexity index is 697. The van der Waals surface area contributed by atoms with Gasteiger partial charge >= 0.3 is 5.69 Å². The summed E-state index contributed by atoms with van der Waals surface area (Å²) in [5.41, 5.74) is 5.34. The summed E-state index contributed by atoms with van der Waals surface area (Å²) >= 11 is 0. The molecule has 1 fully saturated rings. The molecule has 4 atom stereocenters. The summed E-state index contributed by atoms with van der Waals surface area (Å²) in [6.07, 6.45) is -3.18. The molecule has 0 radical (unpaired) electrons. The Labute approximate surface area is 111 Å². The average Bonchev–Trinajstić information content (AvgIpc) is 2.93. The SMILES string of the molecule is Nc1[nH]c(=O)nc2c1ncn2[C@H]1O[C@H](CO)[C@@H](O)[C@@H]1O. The summed E-state index contributed by atoms with van der Waals surface area (Å²) in [6.45, 7) is -0.447. The highest BCUT2D eigenvalue weighted by Gasteiger charge is 2.44. The number of hydrogen-bond donors (Lipinski definition) is 5. The molecule has 0 aliphatic carbocycles. The first-order valence-electron chi connectivity index (χ1n) is 5.87. The second kappa shape index (κ2) is 4.52. The zero-order valence-corrected chi connectivity index (χ0v) is 10.2. The van der Waals surface area contributed by atoms with Gasteiger partial charge in [-0.15, -0.1) is 0 Å². The minimum Gasteiger partial charge on any atom is -0.394 e. The van der Waals surface area contributed by atoms with Crippen LogP contribution in [0.1, 0.15) is 6.23 Å². The Morgan fingerprint density at radius 2 is 2.20 bits per heavy atom. The fourth-order valence-electron chi connectivity index (χ4n) is 2.25. The molecule has 10 nitrogen and oxygen atoms in total. The number of aliphatic hydroxyl groups is 3. The van der Waals surface area contributed by atoms with Crippen LogP contribution in [0, 0.1) is 0 Å². The van der Waals surface area contributed by atoms with E-state index in [1.54, 1.807) is 0 Å². The third-order valence-electron chi connectivity index (χ3n) is 3.26. The highest BCUT2D eigenvalue weighted by Crippen LogP contribution is 2.31. The highest BCUT2D eigenvalue weighted by atomic mass is 16.6. The zero-order valence-electron chi connectivity index (χ0n) is 10.2. The van der Waals surface area contributed by atoms with E-state index in [0.29, 0.717) is 0 Å². The van der Waals surface area contributed by atoms with Crippen molar-refractivity contribution >= 4 is 17.0 Å². The predicted octanol–water partition coefficient (Wildman–Crippen LogP) is -2.69. The monoisotopic (exact) mass is 283 g/mol. The van der Waals surface area contributed by atoms with Crippen LogP contribution in [0.3, 0.4) is 0 Å². The van der Waals surface area contributed by atoms with Crippen LogP contribution in [-0.4, -0.2) is 59.8 Å². The molecule has 3 rings (SSSR count). The predicted molar refractivity (Wildman–Crippen MR) is 65.6 cm³/mol. The number of anilines is 1. The van der Waals surface area contributed by atoms with Crippen molar-refractivity contribution in [3.63, 3.8) is 0 Å². The van der Waals surface area contributed by atoms with E-state index >= 15 is 0 Å². The van der Waals surface area contributed by atoms with Gasteiger partial charge in [-0.3, -0.25) is 9.55 Å². The number of ether oxygens (including phenoxy) is 1. The van der Waals surface area contributed by atoms with Crippen molar-refractivity contribution in [3.8, 4) is 0 Å². The fourth-order valence-corrected chi connectivity index (χ4v) is 2.25. The Balaban J connectivity index is 2.09. The maximum absolute atomic E-state index is 11.4. The molecule has 0 aromatic carbocycles. The van der Waals surface area contributed by atoms with Gasteiger partial charge in [0, 0.05) is 0 Å². The van der Waals surface area contributed by atoms with Crippen LogP contribution in [0.2, 0.25) is 0 Å². The topological polar surface area (TPSA) is 160 Å². The summed E-state index contributed by atoms with van der Waals surface area (Å²) in [5, 5.41) is 28.7. The van der Waals surface area contributed by atoms with Gasteiger partial charge in [-0.2, -0.15) is 4.98 Å². The van der Waals surface area contributed by atoms with Gasteiger partial charge in [0.15, 0.2) is 11.9 Å². The largest absolute Gasteiger partial charge is 0.394 e. The number of hydrogen-bond acceptors (Lipinski definition) is 8. The average molecular weight is 283 g/mol. The first-order chi connectivity index (χ1) is 9.52. The van der Waals surface area contributed by atoms with Gasteiger partial charge in [0.05, 0.1) is 12.9 Å². The van der Waals surface area contributed by atoms with Gasteiger partial charge < -0.3 is 25.8 Å². The lowest BCUT2D eigenvalue weighted by atomic mass is 10.1. The van der Waals surface area contributed by atoms with Crippen molar-refractivity contribution in [1.29, 1.82) is 0 Å². The van der Waals surface area contributed by atoms with Crippen molar-refractivity contribution in [1.82, 2.24) is 19.5 Å². The minimum absolute atomic E-state index is 0.0468. The third-order valence-corrected chi connectivity index (χ3v) is 3.26. The smallest absolute Gasteiger partial charge is 0.348 e. The molecule has 0 unspecified atom stereocenters. The van der Waals surface area contributed by atoms with Gasteiger partial charge in [0.2, 0.25) is 0 Å². The van der Waals surface area contributed by atoms with Crippen LogP contribution in [0.5, 0.6) is 0 Å². The summed E-state index contributed by atoms with van der Waals surface area (Å²) in [4.78, 5) is 21.4. The molecule has 0 amide bonds. The lowest BCUT2D eigenvalue weighted by Gasteiger charge is -2.16. The van der Waals surface area contributed by atoms with Crippen LogP contribution in [0.15, 0.2) is 11.1 Å². The first kappa shape index (κ1) is 13.0. The number of aromatic amines is 1. The first-order valence-corrected chi connectivity index (χ1v) is 5.87. The van der Waals surface area contributed by atoms with Crippen LogP contribution in [0.4, 0.5) is 5.82 Å². The molecular formula is C10H13N5O5. The van der Waals surface area contributed by atoms with Crippen LogP contribution in [0.25, 0.3) is 11.2 Å². The molecule has 1 aliphatic rings. The lowest BCUT2D eigenvalue weighted by molar-refractivity contribution is -0.0511. The molecule has 0 saturated carbocycles.